The molecule has 0 aliphatic carbocycles. The lowest BCUT2D eigenvalue weighted by molar-refractivity contribution is -0.167. The minimum atomic E-state index is -0.813. The molecule has 1 atom stereocenters. The van der Waals surface area contributed by atoms with Crippen LogP contribution in [0.3, 0.4) is 0 Å². The van der Waals surface area contributed by atoms with Crippen LogP contribution < -0.4 is 0 Å². The fraction of sp³-hybridized carbons (Fsp3) is 0.615. The average Bonchev–Trinajstić information content (AvgIpc) is 3.37. The molecule has 0 N–H and O–H groups in total. The molecule has 0 aromatic carbocycles. The summed E-state index contributed by atoms with van der Waals surface area (Å²) in [6, 6.07) is 0. The monoisotopic (exact) mass is 981 g/mol. The number of hydrogen-bond donors (Lipinski definition) is 0. The maximum atomic E-state index is 12.9. The molecule has 6 heteroatoms. The topological polar surface area (TPSA) is 78.9 Å². The summed E-state index contributed by atoms with van der Waals surface area (Å²) in [6.45, 7) is 6.34. The summed E-state index contributed by atoms with van der Waals surface area (Å²) in [4.78, 5) is 38.1. The second-order valence-electron chi connectivity index (χ2n) is 18.4. The van der Waals surface area contributed by atoms with Crippen LogP contribution >= 0.6 is 0 Å². The van der Waals surface area contributed by atoms with Crippen molar-refractivity contribution in [1.29, 1.82) is 0 Å². The van der Waals surface area contributed by atoms with Crippen LogP contribution in [-0.4, -0.2) is 37.2 Å². The zero-order valence-corrected chi connectivity index (χ0v) is 45.7. The van der Waals surface area contributed by atoms with E-state index in [2.05, 4.69) is 154 Å². The van der Waals surface area contributed by atoms with Gasteiger partial charge >= 0.3 is 17.9 Å². The molecule has 0 aromatic heterocycles. The molecule has 0 fully saturated rings. The molecule has 6 nitrogen and oxygen atoms in total. The van der Waals surface area contributed by atoms with E-state index < -0.39 is 6.10 Å². The van der Waals surface area contributed by atoms with Crippen LogP contribution in [0.15, 0.2) is 134 Å². The van der Waals surface area contributed by atoms with E-state index in [0.717, 1.165) is 128 Å². The SMILES string of the molecule is CC/C=C\C/C=C\C/C=C\C/C=C\C/C=C\C/C=C\C/C=C\CCCC(=O)OCC(COC(=O)CCCCCCCCCCCCC)OC(=O)CCCCCCCC/C=C\C/C=C\C/C=C\C/C=C\CC. The van der Waals surface area contributed by atoms with Crippen molar-refractivity contribution in [2.45, 2.75) is 245 Å². The zero-order valence-electron chi connectivity index (χ0n) is 45.7. The third-order valence-electron chi connectivity index (χ3n) is 11.7. The van der Waals surface area contributed by atoms with Crippen molar-refractivity contribution in [3.05, 3.63) is 134 Å². The van der Waals surface area contributed by atoms with Crippen molar-refractivity contribution in [1.82, 2.24) is 0 Å². The molecule has 0 aliphatic heterocycles. The molecule has 0 heterocycles. The van der Waals surface area contributed by atoms with Crippen molar-refractivity contribution in [2.75, 3.05) is 13.2 Å². The third-order valence-corrected chi connectivity index (χ3v) is 11.7. The Balaban J connectivity index is 4.48. The second-order valence-corrected chi connectivity index (χ2v) is 18.4. The van der Waals surface area contributed by atoms with Gasteiger partial charge in [0, 0.05) is 19.3 Å². The van der Waals surface area contributed by atoms with E-state index in [1.54, 1.807) is 0 Å². The Morgan fingerprint density at radius 3 is 0.915 bits per heavy atom. The Morgan fingerprint density at radius 1 is 0.296 bits per heavy atom. The maximum absolute atomic E-state index is 12.9. The average molecular weight is 982 g/mol. The summed E-state index contributed by atoms with van der Waals surface area (Å²) >= 11 is 0. The van der Waals surface area contributed by atoms with Crippen molar-refractivity contribution in [3.8, 4) is 0 Å². The molecule has 0 aliphatic rings. The molecule has 1 unspecified atom stereocenters. The maximum Gasteiger partial charge on any atom is 0.306 e. The highest BCUT2D eigenvalue weighted by Crippen LogP contribution is 2.14. The quantitative estimate of drug-likeness (QED) is 0.0262. The first-order chi connectivity index (χ1) is 35.0. The van der Waals surface area contributed by atoms with Crippen LogP contribution in [0, 0.1) is 0 Å². The van der Waals surface area contributed by atoms with E-state index in [0.29, 0.717) is 19.3 Å². The number of unbranched alkanes of at least 4 members (excludes halogenated alkanes) is 17. The van der Waals surface area contributed by atoms with Crippen LogP contribution in [0.4, 0.5) is 0 Å². The van der Waals surface area contributed by atoms with Gasteiger partial charge in [-0.2, -0.15) is 0 Å². The van der Waals surface area contributed by atoms with Gasteiger partial charge in [0.2, 0.25) is 0 Å². The summed E-state index contributed by atoms with van der Waals surface area (Å²) in [5.41, 5.74) is 0. The van der Waals surface area contributed by atoms with Crippen molar-refractivity contribution >= 4 is 17.9 Å². The number of hydrogen-bond acceptors (Lipinski definition) is 6. The number of ether oxygens (including phenoxy) is 3. The highest BCUT2D eigenvalue weighted by atomic mass is 16.6. The predicted molar refractivity (Wildman–Crippen MR) is 306 cm³/mol. The minimum Gasteiger partial charge on any atom is -0.462 e. The molecule has 0 radical (unpaired) electrons. The van der Waals surface area contributed by atoms with Crippen molar-refractivity contribution < 1.29 is 28.6 Å². The molecule has 400 valence electrons. The van der Waals surface area contributed by atoms with E-state index in [-0.39, 0.29) is 37.5 Å². The van der Waals surface area contributed by atoms with Crippen molar-refractivity contribution in [2.24, 2.45) is 0 Å². The minimum absolute atomic E-state index is 0.105. The largest absolute Gasteiger partial charge is 0.462 e. The fourth-order valence-corrected chi connectivity index (χ4v) is 7.42. The third kappa shape index (κ3) is 56.3. The molecule has 0 saturated heterocycles. The molecule has 0 spiro atoms. The number of carbonyl (C=O) groups excluding carboxylic acids is 3. The van der Waals surface area contributed by atoms with Gasteiger partial charge in [-0.3, -0.25) is 14.4 Å². The van der Waals surface area contributed by atoms with Crippen LogP contribution in [0.5, 0.6) is 0 Å². The Morgan fingerprint density at radius 2 is 0.563 bits per heavy atom. The van der Waals surface area contributed by atoms with Gasteiger partial charge < -0.3 is 14.2 Å². The van der Waals surface area contributed by atoms with E-state index >= 15 is 0 Å². The fourth-order valence-electron chi connectivity index (χ4n) is 7.42. The first-order valence-electron chi connectivity index (χ1n) is 28.7. The Labute approximate surface area is 436 Å². The summed E-state index contributed by atoms with van der Waals surface area (Å²) < 4.78 is 16.8. The van der Waals surface area contributed by atoms with Crippen LogP contribution in [0.1, 0.15) is 239 Å². The second kappa shape index (κ2) is 58.1. The number of carbonyl (C=O) groups is 3. The first kappa shape index (κ1) is 66.6. The van der Waals surface area contributed by atoms with Gasteiger partial charge in [0.15, 0.2) is 6.10 Å². The Hall–Kier alpha value is -4.45. The van der Waals surface area contributed by atoms with Gasteiger partial charge in [0.05, 0.1) is 0 Å². The van der Waals surface area contributed by atoms with Crippen LogP contribution in [0.25, 0.3) is 0 Å². The lowest BCUT2D eigenvalue weighted by Gasteiger charge is -2.18. The summed E-state index contributed by atoms with van der Waals surface area (Å²) in [7, 11) is 0. The lowest BCUT2D eigenvalue weighted by Crippen LogP contribution is -2.30. The summed E-state index contributed by atoms with van der Waals surface area (Å²) in [5.74, 6) is -0.986. The van der Waals surface area contributed by atoms with Gasteiger partial charge in [-0.1, -0.05) is 244 Å². The standard InChI is InChI=1S/C65H104O6/c1-4-7-10-13-16-19-22-24-26-28-30-31-32-33-35-36-38-40-43-46-49-52-55-58-64(67)70-61-62(60-69-63(66)57-54-51-48-45-42-21-18-15-12-9-6-3)71-65(68)59-56-53-50-47-44-41-39-37-34-29-27-25-23-20-17-14-11-8-5-2/h7-8,10-11,16-17,19-20,24-27,30-31,33-35,37-38,40,46,49,62H,4-6,9,12-15,18,21-23,28-29,32,36,39,41-45,47-48,50-61H2,1-3H3/b10-7-,11-8-,19-16-,20-17-,26-24-,27-25-,31-30-,35-33-,37-34-,40-38-,49-46-. The van der Waals surface area contributed by atoms with Gasteiger partial charge in [-0.15, -0.1) is 0 Å². The highest BCUT2D eigenvalue weighted by Gasteiger charge is 2.19. The van der Waals surface area contributed by atoms with E-state index in [9.17, 15) is 14.4 Å². The molecule has 0 rings (SSSR count). The van der Waals surface area contributed by atoms with Gasteiger partial charge in [0.1, 0.15) is 13.2 Å². The van der Waals surface area contributed by atoms with E-state index in [1.165, 1.54) is 64.2 Å². The van der Waals surface area contributed by atoms with Gasteiger partial charge in [-0.05, 0) is 109 Å². The molecular weight excluding hydrogens is 877 g/mol. The molecule has 0 aromatic rings. The van der Waals surface area contributed by atoms with Crippen LogP contribution in [0.2, 0.25) is 0 Å². The molecule has 0 saturated carbocycles. The van der Waals surface area contributed by atoms with Crippen LogP contribution in [-0.2, 0) is 28.6 Å². The van der Waals surface area contributed by atoms with Gasteiger partial charge in [-0.25, -0.2) is 0 Å². The smallest absolute Gasteiger partial charge is 0.306 e. The molecule has 0 bridgehead atoms. The highest BCUT2D eigenvalue weighted by molar-refractivity contribution is 5.71. The normalized spacial score (nSPS) is 13.1. The molecule has 71 heavy (non-hydrogen) atoms. The summed E-state index contributed by atoms with van der Waals surface area (Å²) in [5, 5.41) is 0. The summed E-state index contributed by atoms with van der Waals surface area (Å²) in [6.07, 6.45) is 81.6. The van der Waals surface area contributed by atoms with Crippen molar-refractivity contribution in [3.63, 3.8) is 0 Å². The first-order valence-corrected chi connectivity index (χ1v) is 28.7. The number of allylic oxidation sites excluding steroid dienone is 22. The Kier molecular flexibility index (Phi) is 54.5. The van der Waals surface area contributed by atoms with E-state index in [1.807, 2.05) is 0 Å². The lowest BCUT2D eigenvalue weighted by atomic mass is 10.1. The number of rotatable bonds is 50. The van der Waals surface area contributed by atoms with E-state index in [4.69, 9.17) is 14.2 Å². The molecule has 0 amide bonds. The molecular formula is C65H104O6. The zero-order chi connectivity index (χ0) is 51.4. The Bertz CT molecular complexity index is 1550. The number of esters is 3. The van der Waals surface area contributed by atoms with Gasteiger partial charge in [0.25, 0.3) is 0 Å². The predicted octanol–water partition coefficient (Wildman–Crippen LogP) is 19.4.